The zero-order valence-electron chi connectivity index (χ0n) is 15.7. The average Bonchev–Trinajstić information content (AvgIpc) is 2.44. The van der Waals surface area contributed by atoms with Gasteiger partial charge in [0.2, 0.25) is 0 Å². The molecule has 1 aliphatic rings. The van der Waals surface area contributed by atoms with Crippen molar-refractivity contribution in [2.75, 3.05) is 13.6 Å². The van der Waals surface area contributed by atoms with Gasteiger partial charge in [-0.3, -0.25) is 0 Å². The molecule has 0 radical (unpaired) electrons. The molecule has 1 nitrogen and oxygen atoms in total. The van der Waals surface area contributed by atoms with Gasteiger partial charge < -0.3 is 5.32 Å². The van der Waals surface area contributed by atoms with Crippen molar-refractivity contribution < 1.29 is 0 Å². The van der Waals surface area contributed by atoms with Crippen molar-refractivity contribution in [3.05, 3.63) is 0 Å². The largest absolute Gasteiger partial charge is 0.319 e. The van der Waals surface area contributed by atoms with Crippen molar-refractivity contribution >= 4 is 0 Å². The maximum absolute atomic E-state index is 3.46. The number of unbranched alkanes of at least 4 members (excludes halogenated alkanes) is 1. The Morgan fingerprint density at radius 2 is 1.81 bits per heavy atom. The maximum atomic E-state index is 3.46. The van der Waals surface area contributed by atoms with Crippen molar-refractivity contribution in [1.82, 2.24) is 5.32 Å². The van der Waals surface area contributed by atoms with Gasteiger partial charge >= 0.3 is 0 Å². The Morgan fingerprint density at radius 1 is 1.10 bits per heavy atom. The van der Waals surface area contributed by atoms with E-state index in [0.717, 1.165) is 23.7 Å². The van der Waals surface area contributed by atoms with Crippen LogP contribution in [0.5, 0.6) is 0 Å². The normalized spacial score (nSPS) is 28.6. The van der Waals surface area contributed by atoms with Crippen LogP contribution in [0.15, 0.2) is 0 Å². The summed E-state index contributed by atoms with van der Waals surface area (Å²) in [5.74, 6) is 3.77. The van der Waals surface area contributed by atoms with E-state index in [1.807, 2.05) is 0 Å². The second-order valence-electron chi connectivity index (χ2n) is 8.61. The first-order valence-corrected chi connectivity index (χ1v) is 9.56. The van der Waals surface area contributed by atoms with E-state index in [4.69, 9.17) is 0 Å². The third-order valence-corrected chi connectivity index (χ3v) is 6.01. The summed E-state index contributed by atoms with van der Waals surface area (Å²) in [7, 11) is 2.13. The van der Waals surface area contributed by atoms with Crippen molar-refractivity contribution in [1.29, 1.82) is 0 Å². The molecular weight excluding hydrogens is 254 g/mol. The van der Waals surface area contributed by atoms with E-state index in [0.29, 0.717) is 5.41 Å². The van der Waals surface area contributed by atoms with Crippen molar-refractivity contribution in [2.24, 2.45) is 29.1 Å². The van der Waals surface area contributed by atoms with E-state index in [-0.39, 0.29) is 0 Å². The van der Waals surface area contributed by atoms with Gasteiger partial charge in [0.1, 0.15) is 0 Å². The second-order valence-corrected chi connectivity index (χ2v) is 8.61. The van der Waals surface area contributed by atoms with Crippen LogP contribution in [0, 0.1) is 29.1 Å². The molecule has 1 aliphatic carbocycles. The Morgan fingerprint density at radius 3 is 2.33 bits per heavy atom. The van der Waals surface area contributed by atoms with Gasteiger partial charge in [0.15, 0.2) is 0 Å². The lowest BCUT2D eigenvalue weighted by molar-refractivity contribution is 0.0819. The highest BCUT2D eigenvalue weighted by molar-refractivity contribution is 4.87. The van der Waals surface area contributed by atoms with Crippen LogP contribution in [0.2, 0.25) is 0 Å². The number of hydrogen-bond donors (Lipinski definition) is 1. The van der Waals surface area contributed by atoms with Gasteiger partial charge in [-0.2, -0.15) is 0 Å². The quantitative estimate of drug-likeness (QED) is 0.588. The SMILES string of the molecule is CCCCC(CC)CC1CC(C(C)(C)C)CCC1CNC. The highest BCUT2D eigenvalue weighted by Crippen LogP contribution is 2.45. The molecule has 21 heavy (non-hydrogen) atoms. The van der Waals surface area contributed by atoms with Crippen LogP contribution in [-0.2, 0) is 0 Å². The summed E-state index contributed by atoms with van der Waals surface area (Å²) in [6.07, 6.45) is 11.4. The van der Waals surface area contributed by atoms with Crippen molar-refractivity contribution in [3.8, 4) is 0 Å². The van der Waals surface area contributed by atoms with Gasteiger partial charge in [0, 0.05) is 0 Å². The minimum atomic E-state index is 0.494. The lowest BCUT2D eigenvalue weighted by Gasteiger charge is -2.43. The van der Waals surface area contributed by atoms with E-state index in [1.165, 1.54) is 57.9 Å². The molecule has 0 spiro atoms. The van der Waals surface area contributed by atoms with Crippen LogP contribution >= 0.6 is 0 Å². The van der Waals surface area contributed by atoms with Crippen LogP contribution in [0.3, 0.4) is 0 Å². The van der Waals surface area contributed by atoms with E-state index >= 15 is 0 Å². The van der Waals surface area contributed by atoms with Crippen molar-refractivity contribution in [3.63, 3.8) is 0 Å². The molecule has 0 heterocycles. The standard InChI is InChI=1S/C20H41N/c1-7-9-10-16(8-2)13-18-14-19(20(3,4)5)12-11-17(18)15-21-6/h16-19,21H,7-15H2,1-6H3. The maximum Gasteiger partial charge on any atom is -0.00209 e. The fourth-order valence-corrected chi connectivity index (χ4v) is 4.34. The molecule has 1 heteroatoms. The molecule has 4 atom stereocenters. The van der Waals surface area contributed by atoms with Crippen LogP contribution < -0.4 is 5.32 Å². The molecule has 0 saturated heterocycles. The molecule has 0 aromatic rings. The topological polar surface area (TPSA) is 12.0 Å². The van der Waals surface area contributed by atoms with Gasteiger partial charge in [-0.25, -0.2) is 0 Å². The smallest absolute Gasteiger partial charge is 0.00209 e. The number of hydrogen-bond acceptors (Lipinski definition) is 1. The Kier molecular flexibility index (Phi) is 8.31. The zero-order chi connectivity index (χ0) is 15.9. The summed E-state index contributed by atoms with van der Waals surface area (Å²) >= 11 is 0. The fourth-order valence-electron chi connectivity index (χ4n) is 4.34. The predicted molar refractivity (Wildman–Crippen MR) is 95.6 cm³/mol. The van der Waals surface area contributed by atoms with Gasteiger partial charge in [0.25, 0.3) is 0 Å². The van der Waals surface area contributed by atoms with E-state index in [2.05, 4.69) is 47.0 Å². The molecular formula is C20H41N. The molecule has 126 valence electrons. The Hall–Kier alpha value is -0.0400. The summed E-state index contributed by atoms with van der Waals surface area (Å²) in [4.78, 5) is 0. The summed E-state index contributed by atoms with van der Waals surface area (Å²) in [5, 5.41) is 3.46. The molecule has 1 fully saturated rings. The monoisotopic (exact) mass is 295 g/mol. The number of nitrogens with one attached hydrogen (secondary N) is 1. The molecule has 1 N–H and O–H groups in total. The first-order valence-electron chi connectivity index (χ1n) is 9.56. The van der Waals surface area contributed by atoms with Crippen LogP contribution in [-0.4, -0.2) is 13.6 Å². The predicted octanol–water partition coefficient (Wildman–Crippen LogP) is 5.89. The Bertz CT molecular complexity index is 266. The summed E-state index contributed by atoms with van der Waals surface area (Å²) in [6.45, 7) is 13.3. The zero-order valence-corrected chi connectivity index (χ0v) is 15.7. The molecule has 0 amide bonds. The third kappa shape index (κ3) is 6.30. The summed E-state index contributed by atoms with van der Waals surface area (Å²) in [6, 6.07) is 0. The Balaban J connectivity index is 2.65. The minimum Gasteiger partial charge on any atom is -0.319 e. The highest BCUT2D eigenvalue weighted by Gasteiger charge is 2.36. The van der Waals surface area contributed by atoms with E-state index in [1.54, 1.807) is 0 Å². The van der Waals surface area contributed by atoms with E-state index in [9.17, 15) is 0 Å². The molecule has 1 saturated carbocycles. The van der Waals surface area contributed by atoms with Gasteiger partial charge in [-0.1, -0.05) is 60.3 Å². The average molecular weight is 296 g/mol. The fraction of sp³-hybridized carbons (Fsp3) is 1.00. The first-order chi connectivity index (χ1) is 9.92. The lowest BCUT2D eigenvalue weighted by Crippen LogP contribution is -2.36. The number of rotatable bonds is 8. The van der Waals surface area contributed by atoms with Gasteiger partial charge in [0.05, 0.1) is 0 Å². The first kappa shape index (κ1) is 19.0. The summed E-state index contributed by atoms with van der Waals surface area (Å²) in [5.41, 5.74) is 0.494. The molecule has 0 aliphatic heterocycles. The van der Waals surface area contributed by atoms with Gasteiger partial charge in [-0.05, 0) is 68.4 Å². The summed E-state index contributed by atoms with van der Waals surface area (Å²) < 4.78 is 0. The van der Waals surface area contributed by atoms with Crippen LogP contribution in [0.25, 0.3) is 0 Å². The van der Waals surface area contributed by atoms with Crippen molar-refractivity contribution in [2.45, 2.75) is 86.0 Å². The minimum absolute atomic E-state index is 0.494. The molecule has 1 rings (SSSR count). The molecule has 0 aromatic carbocycles. The molecule has 0 bridgehead atoms. The third-order valence-electron chi connectivity index (χ3n) is 6.01. The highest BCUT2D eigenvalue weighted by atomic mass is 14.8. The lowest BCUT2D eigenvalue weighted by atomic mass is 9.63. The van der Waals surface area contributed by atoms with E-state index < -0.39 is 0 Å². The van der Waals surface area contributed by atoms with Crippen LogP contribution in [0.4, 0.5) is 0 Å². The van der Waals surface area contributed by atoms with Crippen LogP contribution in [0.1, 0.15) is 86.0 Å². The second kappa shape index (κ2) is 9.18. The molecule has 4 unspecified atom stereocenters. The van der Waals surface area contributed by atoms with Gasteiger partial charge in [-0.15, -0.1) is 0 Å². The Labute approximate surface area is 134 Å². The molecule has 0 aromatic heterocycles.